The SMILES string of the molecule is CCCOc1c(I)cc(/C=C(/C#N)C(=O)Nc2ccc(F)cc2)cc1OC. The third-order valence-corrected chi connectivity index (χ3v) is 4.28. The Labute approximate surface area is 170 Å². The van der Waals surface area contributed by atoms with E-state index in [1.807, 2.05) is 13.0 Å². The highest BCUT2D eigenvalue weighted by atomic mass is 127. The predicted octanol–water partition coefficient (Wildman–Crippen LogP) is 4.77. The van der Waals surface area contributed by atoms with E-state index in [2.05, 4.69) is 27.9 Å². The molecule has 0 aliphatic heterocycles. The molecule has 0 bridgehead atoms. The minimum Gasteiger partial charge on any atom is -0.493 e. The van der Waals surface area contributed by atoms with Gasteiger partial charge in [0.15, 0.2) is 11.5 Å². The summed E-state index contributed by atoms with van der Waals surface area (Å²) in [6.45, 7) is 2.57. The minimum absolute atomic E-state index is 0.0839. The lowest BCUT2D eigenvalue weighted by molar-refractivity contribution is -0.112. The number of carbonyl (C=O) groups is 1. The van der Waals surface area contributed by atoms with Crippen molar-refractivity contribution in [3.05, 3.63) is 56.9 Å². The quantitative estimate of drug-likeness (QED) is 0.352. The Bertz CT molecular complexity index is 889. The fourth-order valence-electron chi connectivity index (χ4n) is 2.21. The van der Waals surface area contributed by atoms with Gasteiger partial charge in [0.2, 0.25) is 0 Å². The average molecular weight is 480 g/mol. The van der Waals surface area contributed by atoms with E-state index in [4.69, 9.17) is 9.47 Å². The topological polar surface area (TPSA) is 71.3 Å². The third kappa shape index (κ3) is 5.69. The van der Waals surface area contributed by atoms with Crippen LogP contribution in [0.25, 0.3) is 6.08 Å². The molecule has 7 heteroatoms. The molecule has 0 radical (unpaired) electrons. The van der Waals surface area contributed by atoms with Gasteiger partial charge < -0.3 is 14.8 Å². The summed E-state index contributed by atoms with van der Waals surface area (Å²) >= 11 is 2.12. The second-order valence-electron chi connectivity index (χ2n) is 5.51. The van der Waals surface area contributed by atoms with Gasteiger partial charge in [-0.3, -0.25) is 4.79 Å². The Kier molecular flexibility index (Phi) is 7.61. The van der Waals surface area contributed by atoms with Gasteiger partial charge in [0, 0.05) is 5.69 Å². The van der Waals surface area contributed by atoms with Crippen LogP contribution in [-0.4, -0.2) is 19.6 Å². The smallest absolute Gasteiger partial charge is 0.266 e. The predicted molar refractivity (Wildman–Crippen MR) is 110 cm³/mol. The van der Waals surface area contributed by atoms with E-state index in [1.54, 1.807) is 12.1 Å². The number of hydrogen-bond donors (Lipinski definition) is 1. The Hall–Kier alpha value is -2.60. The minimum atomic E-state index is -0.579. The van der Waals surface area contributed by atoms with Gasteiger partial charge in [-0.05, 0) is 77.0 Å². The third-order valence-electron chi connectivity index (χ3n) is 3.48. The van der Waals surface area contributed by atoms with Crippen LogP contribution in [0.1, 0.15) is 18.9 Å². The van der Waals surface area contributed by atoms with Crippen molar-refractivity contribution in [2.45, 2.75) is 13.3 Å². The zero-order chi connectivity index (χ0) is 19.8. The number of nitrogens with zero attached hydrogens (tertiary/aromatic N) is 1. The van der Waals surface area contributed by atoms with Gasteiger partial charge in [-0.2, -0.15) is 5.26 Å². The molecule has 0 aliphatic rings. The monoisotopic (exact) mass is 480 g/mol. The Morgan fingerprint density at radius 3 is 2.63 bits per heavy atom. The molecule has 0 aromatic heterocycles. The van der Waals surface area contributed by atoms with Gasteiger partial charge in [0.1, 0.15) is 17.5 Å². The molecule has 0 heterocycles. The number of benzene rings is 2. The largest absolute Gasteiger partial charge is 0.493 e. The van der Waals surface area contributed by atoms with Crippen molar-refractivity contribution in [3.63, 3.8) is 0 Å². The van der Waals surface area contributed by atoms with E-state index < -0.39 is 11.7 Å². The van der Waals surface area contributed by atoms with Crippen molar-refractivity contribution in [3.8, 4) is 17.6 Å². The Morgan fingerprint density at radius 2 is 2.04 bits per heavy atom. The van der Waals surface area contributed by atoms with Crippen LogP contribution in [0.2, 0.25) is 0 Å². The molecule has 0 aliphatic carbocycles. The van der Waals surface area contributed by atoms with Gasteiger partial charge in [-0.25, -0.2) is 4.39 Å². The lowest BCUT2D eigenvalue weighted by atomic mass is 10.1. The molecule has 2 aromatic carbocycles. The lowest BCUT2D eigenvalue weighted by Crippen LogP contribution is -2.13. The first-order chi connectivity index (χ1) is 13.0. The molecule has 27 heavy (non-hydrogen) atoms. The summed E-state index contributed by atoms with van der Waals surface area (Å²) in [5.41, 5.74) is 0.948. The maximum absolute atomic E-state index is 13.0. The molecule has 140 valence electrons. The summed E-state index contributed by atoms with van der Waals surface area (Å²) < 4.78 is 24.8. The number of nitriles is 1. The van der Waals surface area contributed by atoms with Crippen molar-refractivity contribution < 1.29 is 18.7 Å². The first kappa shape index (κ1) is 20.7. The summed E-state index contributed by atoms with van der Waals surface area (Å²) in [5.74, 6) is 0.171. The van der Waals surface area contributed by atoms with Crippen LogP contribution in [0.5, 0.6) is 11.5 Å². The summed E-state index contributed by atoms with van der Waals surface area (Å²) in [6.07, 6.45) is 2.33. The van der Waals surface area contributed by atoms with E-state index in [0.717, 1.165) is 9.99 Å². The highest BCUT2D eigenvalue weighted by molar-refractivity contribution is 14.1. The van der Waals surface area contributed by atoms with Crippen LogP contribution >= 0.6 is 22.6 Å². The first-order valence-electron chi connectivity index (χ1n) is 8.17. The second-order valence-corrected chi connectivity index (χ2v) is 6.68. The highest BCUT2D eigenvalue weighted by Gasteiger charge is 2.14. The van der Waals surface area contributed by atoms with E-state index in [0.29, 0.717) is 29.4 Å². The molecule has 2 rings (SSSR count). The maximum atomic E-state index is 13.0. The van der Waals surface area contributed by atoms with Crippen molar-refractivity contribution in [1.29, 1.82) is 5.26 Å². The van der Waals surface area contributed by atoms with Gasteiger partial charge >= 0.3 is 0 Å². The van der Waals surface area contributed by atoms with Crippen LogP contribution in [0.4, 0.5) is 10.1 Å². The number of hydrogen-bond acceptors (Lipinski definition) is 4. The molecule has 0 saturated carbocycles. The van der Waals surface area contributed by atoms with E-state index in [-0.39, 0.29) is 5.57 Å². The molecule has 1 N–H and O–H groups in total. The van der Waals surface area contributed by atoms with Crippen LogP contribution < -0.4 is 14.8 Å². The summed E-state index contributed by atoms with van der Waals surface area (Å²) in [6, 6.07) is 10.7. The van der Waals surface area contributed by atoms with Gasteiger partial charge in [0.25, 0.3) is 5.91 Å². The van der Waals surface area contributed by atoms with Crippen molar-refractivity contribution in [2.75, 3.05) is 19.0 Å². The summed E-state index contributed by atoms with van der Waals surface area (Å²) in [7, 11) is 1.53. The molecule has 0 saturated heterocycles. The average Bonchev–Trinajstić information content (AvgIpc) is 2.66. The number of anilines is 1. The van der Waals surface area contributed by atoms with E-state index >= 15 is 0 Å². The molecule has 0 fully saturated rings. The Balaban J connectivity index is 2.28. The van der Waals surface area contributed by atoms with Gasteiger partial charge in [0.05, 0.1) is 17.3 Å². The molecule has 1 amide bonds. The van der Waals surface area contributed by atoms with Crippen LogP contribution in [0.15, 0.2) is 42.0 Å². The number of ether oxygens (including phenoxy) is 2. The zero-order valence-corrected chi connectivity index (χ0v) is 17.0. The number of halogens is 2. The van der Waals surface area contributed by atoms with Crippen LogP contribution in [0.3, 0.4) is 0 Å². The molecule has 0 unspecified atom stereocenters. The van der Waals surface area contributed by atoms with Crippen molar-refractivity contribution >= 4 is 40.3 Å². The maximum Gasteiger partial charge on any atom is 0.266 e. The Morgan fingerprint density at radius 1 is 1.33 bits per heavy atom. The lowest BCUT2D eigenvalue weighted by Gasteiger charge is -2.13. The van der Waals surface area contributed by atoms with Crippen molar-refractivity contribution in [2.24, 2.45) is 0 Å². The second kappa shape index (κ2) is 9.92. The van der Waals surface area contributed by atoms with Crippen molar-refractivity contribution in [1.82, 2.24) is 0 Å². The fourth-order valence-corrected chi connectivity index (χ4v) is 3.00. The number of rotatable bonds is 7. The number of methoxy groups -OCH3 is 1. The molecule has 0 spiro atoms. The first-order valence-corrected chi connectivity index (χ1v) is 9.25. The van der Waals surface area contributed by atoms with Gasteiger partial charge in [-0.15, -0.1) is 0 Å². The summed E-state index contributed by atoms with van der Waals surface area (Å²) in [4.78, 5) is 12.3. The number of carbonyl (C=O) groups excluding carboxylic acids is 1. The highest BCUT2D eigenvalue weighted by Crippen LogP contribution is 2.34. The van der Waals surface area contributed by atoms with E-state index in [1.165, 1.54) is 37.5 Å². The molecular weight excluding hydrogens is 462 g/mol. The number of amides is 1. The molecule has 5 nitrogen and oxygen atoms in total. The van der Waals surface area contributed by atoms with E-state index in [9.17, 15) is 14.4 Å². The number of nitrogens with one attached hydrogen (secondary N) is 1. The fraction of sp³-hybridized carbons (Fsp3) is 0.200. The van der Waals surface area contributed by atoms with Crippen LogP contribution in [-0.2, 0) is 4.79 Å². The normalized spacial score (nSPS) is 10.9. The van der Waals surface area contributed by atoms with Crippen LogP contribution in [0, 0.1) is 20.7 Å². The van der Waals surface area contributed by atoms with Gasteiger partial charge in [-0.1, -0.05) is 6.92 Å². The zero-order valence-electron chi connectivity index (χ0n) is 14.9. The molecular formula is C20H18FIN2O3. The summed E-state index contributed by atoms with van der Waals surface area (Å²) in [5, 5.41) is 11.9. The standard InChI is InChI=1S/C20H18FIN2O3/c1-3-8-27-19-17(22)10-13(11-18(19)26-2)9-14(12-23)20(25)24-16-6-4-15(21)5-7-16/h4-7,9-11H,3,8H2,1-2H3,(H,24,25)/b14-9-. The molecule has 0 atom stereocenters. The molecule has 2 aromatic rings.